The SMILES string of the molecule is CCc1nccn1CC(C)NC(=O)[C@H]1C[C@H](O)CN1C(=O)[C@H](n1cc(C2CC2)nn1)C(C)(C)C. The first-order valence-corrected chi connectivity index (χ1v) is 12.3. The highest BCUT2D eigenvalue weighted by Crippen LogP contribution is 2.40. The monoisotopic (exact) mass is 471 g/mol. The molecule has 0 aromatic carbocycles. The molecule has 2 N–H and O–H groups in total. The fraction of sp³-hybridized carbons (Fsp3) is 0.708. The number of carbonyl (C=O) groups is 2. The van der Waals surface area contributed by atoms with Gasteiger partial charge in [0.15, 0.2) is 0 Å². The molecule has 1 aliphatic carbocycles. The fourth-order valence-electron chi connectivity index (χ4n) is 4.83. The Morgan fingerprint density at radius 2 is 2.03 bits per heavy atom. The van der Waals surface area contributed by atoms with E-state index >= 15 is 0 Å². The van der Waals surface area contributed by atoms with Gasteiger partial charge >= 0.3 is 0 Å². The van der Waals surface area contributed by atoms with Crippen LogP contribution < -0.4 is 5.32 Å². The highest BCUT2D eigenvalue weighted by Gasteiger charge is 2.45. The van der Waals surface area contributed by atoms with Crippen LogP contribution in [0.2, 0.25) is 0 Å². The molecule has 2 aliphatic rings. The molecular formula is C24H37N7O3. The Hall–Kier alpha value is -2.75. The molecule has 2 aromatic rings. The molecule has 34 heavy (non-hydrogen) atoms. The summed E-state index contributed by atoms with van der Waals surface area (Å²) >= 11 is 0. The van der Waals surface area contributed by atoms with E-state index in [0.717, 1.165) is 30.8 Å². The van der Waals surface area contributed by atoms with E-state index in [4.69, 9.17) is 0 Å². The minimum atomic E-state index is -0.742. The lowest BCUT2D eigenvalue weighted by Gasteiger charge is -2.34. The first-order chi connectivity index (χ1) is 16.1. The molecule has 1 saturated heterocycles. The second kappa shape index (κ2) is 9.48. The molecule has 0 spiro atoms. The average molecular weight is 472 g/mol. The molecule has 2 amide bonds. The zero-order valence-electron chi connectivity index (χ0n) is 20.8. The number of nitrogens with one attached hydrogen (secondary N) is 1. The van der Waals surface area contributed by atoms with Crippen LogP contribution in [0, 0.1) is 5.41 Å². The number of aryl methyl sites for hydroxylation is 1. The number of aromatic nitrogens is 5. The van der Waals surface area contributed by atoms with Crippen molar-refractivity contribution < 1.29 is 14.7 Å². The molecule has 0 bridgehead atoms. The average Bonchev–Trinajstić information content (AvgIpc) is 3.14. The second-order valence-corrected chi connectivity index (χ2v) is 10.8. The van der Waals surface area contributed by atoms with Gasteiger partial charge in [-0.3, -0.25) is 9.59 Å². The number of carbonyl (C=O) groups excluding carboxylic acids is 2. The molecule has 2 aromatic heterocycles. The predicted octanol–water partition coefficient (Wildman–Crippen LogP) is 1.67. The highest BCUT2D eigenvalue weighted by molar-refractivity contribution is 5.90. The molecule has 3 heterocycles. The normalized spacial score (nSPS) is 22.6. The number of aliphatic hydroxyl groups is 1. The Morgan fingerprint density at radius 1 is 1.29 bits per heavy atom. The number of rotatable bonds is 8. The van der Waals surface area contributed by atoms with Crippen LogP contribution in [-0.2, 0) is 22.6 Å². The number of amides is 2. The van der Waals surface area contributed by atoms with Gasteiger partial charge in [-0.05, 0) is 25.2 Å². The summed E-state index contributed by atoms with van der Waals surface area (Å²) in [6.45, 7) is 10.6. The highest BCUT2D eigenvalue weighted by atomic mass is 16.3. The van der Waals surface area contributed by atoms with Gasteiger partial charge in [0, 0.05) is 56.5 Å². The number of hydrogen-bond acceptors (Lipinski definition) is 6. The number of aliphatic hydroxyl groups excluding tert-OH is 1. The molecule has 0 radical (unpaired) electrons. The van der Waals surface area contributed by atoms with Gasteiger partial charge in [0.05, 0.1) is 11.8 Å². The Labute approximate surface area is 200 Å². The van der Waals surface area contributed by atoms with Gasteiger partial charge < -0.3 is 19.9 Å². The fourth-order valence-corrected chi connectivity index (χ4v) is 4.83. The maximum Gasteiger partial charge on any atom is 0.248 e. The molecule has 1 unspecified atom stereocenters. The maximum absolute atomic E-state index is 13.8. The third kappa shape index (κ3) is 5.16. The van der Waals surface area contributed by atoms with Gasteiger partial charge in [-0.2, -0.15) is 0 Å². The zero-order valence-corrected chi connectivity index (χ0v) is 20.8. The van der Waals surface area contributed by atoms with Crippen molar-refractivity contribution in [2.24, 2.45) is 5.41 Å². The van der Waals surface area contributed by atoms with Crippen LogP contribution >= 0.6 is 0 Å². The standard InChI is InChI=1S/C24H37N7O3/c1-6-20-25-9-10-29(20)12-15(2)26-22(33)19-11-17(32)13-30(19)23(34)21(24(3,4)5)31-14-18(27-28-31)16-7-8-16/h9-10,14-17,19,21,32H,6-8,11-13H2,1-5H3,(H,26,33)/t15?,17-,19+,21-/m0/s1. The predicted molar refractivity (Wildman–Crippen MR) is 126 cm³/mol. The first kappa shape index (κ1) is 24.4. The van der Waals surface area contributed by atoms with E-state index in [-0.39, 0.29) is 30.8 Å². The summed E-state index contributed by atoms with van der Waals surface area (Å²) in [6, 6.07) is -1.50. The van der Waals surface area contributed by atoms with Gasteiger partial charge in [-0.25, -0.2) is 9.67 Å². The Bertz CT molecular complexity index is 1020. The van der Waals surface area contributed by atoms with Crippen LogP contribution in [-0.4, -0.2) is 71.1 Å². The minimum absolute atomic E-state index is 0.129. The smallest absolute Gasteiger partial charge is 0.248 e. The lowest BCUT2D eigenvalue weighted by molar-refractivity contribution is -0.144. The van der Waals surface area contributed by atoms with Crippen molar-refractivity contribution in [3.8, 4) is 0 Å². The topological polar surface area (TPSA) is 118 Å². The van der Waals surface area contributed by atoms with E-state index in [1.807, 2.05) is 51.6 Å². The van der Waals surface area contributed by atoms with Gasteiger partial charge in [-0.1, -0.05) is 32.9 Å². The summed E-state index contributed by atoms with van der Waals surface area (Å²) in [5.74, 6) is 0.926. The lowest BCUT2D eigenvalue weighted by atomic mass is 9.85. The van der Waals surface area contributed by atoms with Crippen molar-refractivity contribution in [1.82, 2.24) is 34.8 Å². The molecule has 4 rings (SSSR count). The molecule has 10 heteroatoms. The molecule has 10 nitrogen and oxygen atoms in total. The van der Waals surface area contributed by atoms with Gasteiger partial charge in [0.1, 0.15) is 17.9 Å². The molecule has 2 fully saturated rings. The third-order valence-electron chi connectivity index (χ3n) is 6.68. The van der Waals surface area contributed by atoms with Gasteiger partial charge in [0.25, 0.3) is 0 Å². The van der Waals surface area contributed by atoms with Crippen LogP contribution in [0.1, 0.15) is 77.4 Å². The van der Waals surface area contributed by atoms with E-state index in [1.54, 1.807) is 10.9 Å². The molecule has 1 saturated carbocycles. The Balaban J connectivity index is 1.49. The number of likely N-dealkylation sites (tertiary alicyclic amines) is 1. The first-order valence-electron chi connectivity index (χ1n) is 12.3. The summed E-state index contributed by atoms with van der Waals surface area (Å²) in [4.78, 5) is 32.9. The number of nitrogens with zero attached hydrogens (tertiary/aromatic N) is 6. The van der Waals surface area contributed by atoms with Gasteiger partial charge in [0.2, 0.25) is 11.8 Å². The van der Waals surface area contributed by atoms with E-state index in [2.05, 4.69) is 20.6 Å². The summed E-state index contributed by atoms with van der Waals surface area (Å²) in [6.07, 6.45) is 8.01. The Kier molecular flexibility index (Phi) is 6.80. The Morgan fingerprint density at radius 3 is 2.68 bits per heavy atom. The zero-order chi connectivity index (χ0) is 24.6. The summed E-state index contributed by atoms with van der Waals surface area (Å²) in [7, 11) is 0. The van der Waals surface area contributed by atoms with Crippen molar-refractivity contribution in [3.05, 3.63) is 30.1 Å². The van der Waals surface area contributed by atoms with Crippen LogP contribution in [0.15, 0.2) is 18.6 Å². The van der Waals surface area contributed by atoms with Crippen LogP contribution in [0.3, 0.4) is 0 Å². The largest absolute Gasteiger partial charge is 0.391 e. The summed E-state index contributed by atoms with van der Waals surface area (Å²) in [5.41, 5.74) is 0.461. The van der Waals surface area contributed by atoms with Crippen molar-refractivity contribution in [3.63, 3.8) is 0 Å². The van der Waals surface area contributed by atoms with Crippen molar-refractivity contribution in [1.29, 1.82) is 0 Å². The minimum Gasteiger partial charge on any atom is -0.391 e. The van der Waals surface area contributed by atoms with Crippen LogP contribution in [0.5, 0.6) is 0 Å². The van der Waals surface area contributed by atoms with Crippen molar-refractivity contribution in [2.45, 2.75) is 97.0 Å². The number of β-amino-alcohol motifs (C(OH)–C–C–N with tert-alkyl or cyclic N) is 1. The number of imidazole rings is 1. The molecule has 4 atom stereocenters. The van der Waals surface area contributed by atoms with Crippen LogP contribution in [0.25, 0.3) is 0 Å². The third-order valence-corrected chi connectivity index (χ3v) is 6.68. The van der Waals surface area contributed by atoms with Crippen molar-refractivity contribution in [2.75, 3.05) is 6.54 Å². The van der Waals surface area contributed by atoms with E-state index in [0.29, 0.717) is 12.5 Å². The molecular weight excluding hydrogens is 434 g/mol. The van der Waals surface area contributed by atoms with Crippen molar-refractivity contribution >= 4 is 11.8 Å². The quantitative estimate of drug-likeness (QED) is 0.605. The second-order valence-electron chi connectivity index (χ2n) is 10.8. The summed E-state index contributed by atoms with van der Waals surface area (Å²) in [5, 5.41) is 22.0. The van der Waals surface area contributed by atoms with Crippen LogP contribution in [0.4, 0.5) is 0 Å². The molecule has 1 aliphatic heterocycles. The molecule has 186 valence electrons. The van der Waals surface area contributed by atoms with E-state index in [9.17, 15) is 14.7 Å². The summed E-state index contributed by atoms with van der Waals surface area (Å²) < 4.78 is 3.67. The maximum atomic E-state index is 13.8. The van der Waals surface area contributed by atoms with E-state index < -0.39 is 23.6 Å². The lowest BCUT2D eigenvalue weighted by Crippen LogP contribution is -2.52. The van der Waals surface area contributed by atoms with E-state index in [1.165, 1.54) is 4.90 Å². The van der Waals surface area contributed by atoms with Gasteiger partial charge in [-0.15, -0.1) is 5.10 Å². The number of hydrogen-bond donors (Lipinski definition) is 2.